The molecule has 1 aliphatic rings. The molecule has 3 rings (SSSR count). The average Bonchev–Trinajstić information content (AvgIpc) is 2.97. The Labute approximate surface area is 119 Å². The number of hydroxylamine groups is 2. The lowest BCUT2D eigenvalue weighted by Gasteiger charge is -2.11. The van der Waals surface area contributed by atoms with Gasteiger partial charge in [0, 0.05) is 6.07 Å². The van der Waals surface area contributed by atoms with Gasteiger partial charge in [0.15, 0.2) is 0 Å². The molecule has 21 heavy (non-hydrogen) atoms. The van der Waals surface area contributed by atoms with Gasteiger partial charge in [0.25, 0.3) is 11.8 Å². The Bertz CT molecular complexity index is 714. The van der Waals surface area contributed by atoms with E-state index < -0.39 is 17.8 Å². The molecule has 0 N–H and O–H groups in total. The van der Waals surface area contributed by atoms with Crippen molar-refractivity contribution in [2.45, 2.75) is 13.3 Å². The Balaban J connectivity index is 1.73. The fourth-order valence-corrected chi connectivity index (χ4v) is 2.03. The Morgan fingerprint density at radius 3 is 2.38 bits per heavy atom. The summed E-state index contributed by atoms with van der Waals surface area (Å²) in [6.45, 7) is 1.69. The van der Waals surface area contributed by atoms with Gasteiger partial charge in [-0.25, -0.2) is 4.79 Å². The Morgan fingerprint density at radius 1 is 1.24 bits per heavy atom. The van der Waals surface area contributed by atoms with Crippen LogP contribution in [0.5, 0.6) is 0 Å². The highest BCUT2D eigenvalue weighted by Crippen LogP contribution is 2.22. The van der Waals surface area contributed by atoms with Gasteiger partial charge in [0.05, 0.1) is 23.2 Å². The van der Waals surface area contributed by atoms with Gasteiger partial charge in [-0.3, -0.25) is 9.59 Å². The lowest BCUT2D eigenvalue weighted by atomic mass is 10.1. The van der Waals surface area contributed by atoms with Crippen molar-refractivity contribution in [3.05, 3.63) is 52.9 Å². The van der Waals surface area contributed by atoms with Crippen molar-refractivity contribution >= 4 is 17.8 Å². The smallest absolute Gasteiger partial charge is 0.339 e. The van der Waals surface area contributed by atoms with Crippen LogP contribution in [-0.4, -0.2) is 28.0 Å². The number of hydrogen-bond acceptors (Lipinski definition) is 6. The first-order valence-electron chi connectivity index (χ1n) is 6.17. The molecule has 0 bridgehead atoms. The van der Waals surface area contributed by atoms with Crippen molar-refractivity contribution in [1.29, 1.82) is 0 Å². The number of nitrogens with zero attached hydrogens (tertiary/aromatic N) is 2. The number of carbonyl (C=O) groups excluding carboxylic acids is 3. The Morgan fingerprint density at radius 2 is 1.86 bits per heavy atom. The van der Waals surface area contributed by atoms with Crippen molar-refractivity contribution in [2.75, 3.05) is 0 Å². The SMILES string of the molecule is Cc1cc(CC(=O)ON2C(=O)c3ccccc3C2=O)no1. The summed E-state index contributed by atoms with van der Waals surface area (Å²) in [4.78, 5) is 40.6. The first-order chi connectivity index (χ1) is 10.1. The van der Waals surface area contributed by atoms with Crippen LogP contribution in [0.15, 0.2) is 34.9 Å². The van der Waals surface area contributed by atoms with Crippen molar-refractivity contribution in [3.63, 3.8) is 0 Å². The van der Waals surface area contributed by atoms with Crippen LogP contribution in [0.25, 0.3) is 0 Å². The zero-order chi connectivity index (χ0) is 15.0. The maximum Gasteiger partial charge on any atom is 0.339 e. The van der Waals surface area contributed by atoms with Gasteiger partial charge in [0.1, 0.15) is 5.76 Å². The van der Waals surface area contributed by atoms with Crippen molar-refractivity contribution in [1.82, 2.24) is 10.2 Å². The standard InChI is InChI=1S/C14H10N2O5/c1-8-6-9(15-20-8)7-12(17)21-16-13(18)10-4-2-3-5-11(10)14(16)19/h2-6H,7H2,1H3. The predicted octanol–water partition coefficient (Wildman–Crippen LogP) is 1.28. The van der Waals surface area contributed by atoms with Gasteiger partial charge in [-0.1, -0.05) is 22.4 Å². The number of hydrogen-bond donors (Lipinski definition) is 0. The second-order valence-electron chi connectivity index (χ2n) is 4.52. The maximum absolute atomic E-state index is 12.0. The fraction of sp³-hybridized carbons (Fsp3) is 0.143. The summed E-state index contributed by atoms with van der Waals surface area (Å²) in [6.07, 6.45) is -0.190. The van der Waals surface area contributed by atoms with Crippen LogP contribution in [0.2, 0.25) is 0 Å². The second-order valence-corrected chi connectivity index (χ2v) is 4.52. The molecular weight excluding hydrogens is 276 g/mol. The monoisotopic (exact) mass is 286 g/mol. The van der Waals surface area contributed by atoms with Gasteiger partial charge >= 0.3 is 5.97 Å². The van der Waals surface area contributed by atoms with Crippen LogP contribution in [0.3, 0.4) is 0 Å². The normalized spacial score (nSPS) is 13.5. The average molecular weight is 286 g/mol. The van der Waals surface area contributed by atoms with Crippen molar-refractivity contribution in [2.24, 2.45) is 0 Å². The fourth-order valence-electron chi connectivity index (χ4n) is 2.03. The molecule has 7 heteroatoms. The minimum Gasteiger partial charge on any atom is -0.361 e. The summed E-state index contributed by atoms with van der Waals surface area (Å²) in [5.41, 5.74) is 0.800. The lowest BCUT2D eigenvalue weighted by molar-refractivity contribution is -0.167. The largest absolute Gasteiger partial charge is 0.361 e. The highest BCUT2D eigenvalue weighted by Gasteiger charge is 2.38. The molecule has 0 fully saturated rings. The first-order valence-corrected chi connectivity index (χ1v) is 6.17. The van der Waals surface area contributed by atoms with E-state index in [9.17, 15) is 14.4 Å². The number of benzene rings is 1. The topological polar surface area (TPSA) is 89.7 Å². The minimum absolute atomic E-state index is 0.190. The third kappa shape index (κ3) is 2.29. The molecular formula is C14H10N2O5. The summed E-state index contributed by atoms with van der Waals surface area (Å²) in [7, 11) is 0. The number of aryl methyl sites for hydroxylation is 1. The summed E-state index contributed by atoms with van der Waals surface area (Å²) < 4.78 is 4.82. The molecule has 0 radical (unpaired) electrons. The number of rotatable bonds is 3. The molecule has 1 aromatic heterocycles. The summed E-state index contributed by atoms with van der Waals surface area (Å²) in [5, 5.41) is 4.12. The van der Waals surface area contributed by atoms with Gasteiger partial charge in [0.2, 0.25) is 0 Å². The van der Waals surface area contributed by atoms with Crippen LogP contribution in [-0.2, 0) is 16.1 Å². The third-order valence-electron chi connectivity index (χ3n) is 2.95. The molecule has 7 nitrogen and oxygen atoms in total. The molecule has 106 valence electrons. The molecule has 1 aromatic carbocycles. The summed E-state index contributed by atoms with van der Waals surface area (Å²) in [5.74, 6) is -1.52. The molecule has 0 aliphatic carbocycles. The number of carbonyl (C=O) groups is 3. The number of fused-ring (bicyclic) bond motifs is 1. The predicted molar refractivity (Wildman–Crippen MR) is 68.0 cm³/mol. The van der Waals surface area contributed by atoms with Gasteiger partial charge in [-0.05, 0) is 19.1 Å². The van der Waals surface area contributed by atoms with Gasteiger partial charge < -0.3 is 9.36 Å². The quantitative estimate of drug-likeness (QED) is 0.789. The van der Waals surface area contributed by atoms with E-state index in [4.69, 9.17) is 9.36 Å². The van der Waals surface area contributed by atoms with Crippen LogP contribution >= 0.6 is 0 Å². The molecule has 0 saturated carbocycles. The van der Waals surface area contributed by atoms with Crippen molar-refractivity contribution < 1.29 is 23.7 Å². The molecule has 0 unspecified atom stereocenters. The van der Waals surface area contributed by atoms with E-state index in [-0.39, 0.29) is 17.5 Å². The highest BCUT2D eigenvalue weighted by atomic mass is 16.7. The Hall–Kier alpha value is -2.96. The van der Waals surface area contributed by atoms with Crippen LogP contribution in [0, 0.1) is 6.92 Å². The molecule has 2 aromatic rings. The van der Waals surface area contributed by atoms with E-state index in [0.29, 0.717) is 16.5 Å². The van der Waals surface area contributed by atoms with Crippen LogP contribution in [0.1, 0.15) is 32.2 Å². The molecule has 1 aliphatic heterocycles. The second kappa shape index (κ2) is 4.86. The third-order valence-corrected chi connectivity index (χ3v) is 2.95. The summed E-state index contributed by atoms with van der Waals surface area (Å²) in [6, 6.07) is 7.85. The van der Waals surface area contributed by atoms with E-state index in [0.717, 1.165) is 0 Å². The number of imide groups is 1. The van der Waals surface area contributed by atoms with Crippen molar-refractivity contribution in [3.8, 4) is 0 Å². The van der Waals surface area contributed by atoms with Gasteiger partial charge in [-0.2, -0.15) is 0 Å². The van der Waals surface area contributed by atoms with Crippen LogP contribution in [0.4, 0.5) is 0 Å². The van der Waals surface area contributed by atoms with Crippen LogP contribution < -0.4 is 0 Å². The zero-order valence-corrected chi connectivity index (χ0v) is 11.0. The zero-order valence-electron chi connectivity index (χ0n) is 11.0. The van der Waals surface area contributed by atoms with Gasteiger partial charge in [-0.15, -0.1) is 0 Å². The maximum atomic E-state index is 12.0. The molecule has 0 saturated heterocycles. The first kappa shape index (κ1) is 13.0. The summed E-state index contributed by atoms with van der Waals surface area (Å²) >= 11 is 0. The van der Waals surface area contributed by atoms with E-state index in [1.165, 1.54) is 12.1 Å². The minimum atomic E-state index is -0.766. The molecule has 2 heterocycles. The number of aromatic nitrogens is 1. The lowest BCUT2D eigenvalue weighted by Crippen LogP contribution is -2.33. The highest BCUT2D eigenvalue weighted by molar-refractivity contribution is 6.20. The van der Waals surface area contributed by atoms with E-state index in [2.05, 4.69) is 5.16 Å². The molecule has 2 amide bonds. The molecule has 0 spiro atoms. The molecule has 0 atom stereocenters. The number of amides is 2. The van der Waals surface area contributed by atoms with E-state index >= 15 is 0 Å². The van der Waals surface area contributed by atoms with E-state index in [1.807, 2.05) is 0 Å². The van der Waals surface area contributed by atoms with E-state index in [1.54, 1.807) is 25.1 Å². The Kier molecular flexibility index (Phi) is 3.02.